The van der Waals surface area contributed by atoms with Gasteiger partial charge in [-0.05, 0) is 56.6 Å². The number of carbonyl (C=O) groups is 1. The van der Waals surface area contributed by atoms with Crippen LogP contribution in [0.15, 0.2) is 12.3 Å². The topological polar surface area (TPSA) is 67.5 Å². The van der Waals surface area contributed by atoms with Crippen LogP contribution < -0.4 is 0 Å². The van der Waals surface area contributed by atoms with Crippen molar-refractivity contribution in [3.63, 3.8) is 0 Å². The number of rotatable bonds is 3. The number of hydrogen-bond acceptors (Lipinski definition) is 3. The molecular formula is C15H18FN3O2. The predicted molar refractivity (Wildman–Crippen MR) is 74.5 cm³/mol. The van der Waals surface area contributed by atoms with Gasteiger partial charge in [-0.2, -0.15) is 0 Å². The van der Waals surface area contributed by atoms with E-state index < -0.39 is 5.97 Å². The third kappa shape index (κ3) is 2.75. The van der Waals surface area contributed by atoms with Crippen molar-refractivity contribution in [1.29, 1.82) is 0 Å². The number of pyridine rings is 1. The first-order valence-electron chi connectivity index (χ1n) is 7.27. The van der Waals surface area contributed by atoms with Crippen molar-refractivity contribution in [3.05, 3.63) is 29.5 Å². The van der Waals surface area contributed by atoms with E-state index in [0.717, 1.165) is 37.7 Å². The number of hydrogen-bond donors (Lipinski definition) is 1. The highest BCUT2D eigenvalue weighted by Crippen LogP contribution is 2.31. The second kappa shape index (κ2) is 5.42. The van der Waals surface area contributed by atoms with Crippen molar-refractivity contribution < 1.29 is 14.3 Å². The van der Waals surface area contributed by atoms with Gasteiger partial charge < -0.3 is 5.11 Å². The molecule has 0 amide bonds. The molecule has 6 heteroatoms. The van der Waals surface area contributed by atoms with Gasteiger partial charge in [0, 0.05) is 6.20 Å². The van der Waals surface area contributed by atoms with Crippen LogP contribution in [0.5, 0.6) is 0 Å². The smallest absolute Gasteiger partial charge is 0.306 e. The Balaban J connectivity index is 1.74. The molecule has 1 aliphatic rings. The number of aliphatic carboxylic acids is 1. The molecule has 3 rings (SSSR count). The summed E-state index contributed by atoms with van der Waals surface area (Å²) >= 11 is 0. The number of carboxylic acids is 1. The Kier molecular flexibility index (Phi) is 3.61. The molecule has 5 nitrogen and oxygen atoms in total. The maximum atomic E-state index is 14.0. The molecule has 0 bridgehead atoms. The lowest BCUT2D eigenvalue weighted by Crippen LogP contribution is -2.22. The Hall–Kier alpha value is -1.98. The molecule has 1 fully saturated rings. The molecule has 1 saturated carbocycles. The lowest BCUT2D eigenvalue weighted by atomic mass is 9.79. The van der Waals surface area contributed by atoms with Gasteiger partial charge in [0.25, 0.3) is 0 Å². The highest BCUT2D eigenvalue weighted by Gasteiger charge is 2.26. The molecule has 0 spiro atoms. The van der Waals surface area contributed by atoms with Crippen molar-refractivity contribution in [3.8, 4) is 0 Å². The van der Waals surface area contributed by atoms with Gasteiger partial charge in [0.05, 0.1) is 5.92 Å². The molecule has 0 atom stereocenters. The van der Waals surface area contributed by atoms with Crippen LogP contribution in [0.4, 0.5) is 4.39 Å². The summed E-state index contributed by atoms with van der Waals surface area (Å²) in [5, 5.41) is 16.7. The summed E-state index contributed by atoms with van der Waals surface area (Å²) < 4.78 is 15.7. The van der Waals surface area contributed by atoms with E-state index in [1.165, 1.54) is 6.07 Å². The van der Waals surface area contributed by atoms with Crippen LogP contribution in [0.1, 0.15) is 37.1 Å². The van der Waals surface area contributed by atoms with E-state index in [1.807, 2.05) is 6.20 Å². The first-order chi connectivity index (χ1) is 10.0. The van der Waals surface area contributed by atoms with E-state index in [-0.39, 0.29) is 17.4 Å². The SMILES string of the molecule is Cc1nnc2c(F)cc(CC3CCC(C(=O)O)CC3)cn12. The van der Waals surface area contributed by atoms with Crippen LogP contribution in [-0.4, -0.2) is 25.7 Å². The molecule has 0 aliphatic heterocycles. The lowest BCUT2D eigenvalue weighted by molar-refractivity contribution is -0.143. The monoisotopic (exact) mass is 291 g/mol. The second-order valence-electron chi connectivity index (χ2n) is 5.90. The Bertz CT molecular complexity index is 675. The van der Waals surface area contributed by atoms with Crippen molar-refractivity contribution in [1.82, 2.24) is 14.6 Å². The third-order valence-electron chi connectivity index (χ3n) is 4.41. The Labute approximate surface area is 121 Å². The van der Waals surface area contributed by atoms with Gasteiger partial charge in [-0.1, -0.05) is 0 Å². The molecular weight excluding hydrogens is 273 g/mol. The molecule has 1 aliphatic carbocycles. The number of aryl methyl sites for hydroxylation is 1. The summed E-state index contributed by atoms with van der Waals surface area (Å²) in [6, 6.07) is 1.52. The second-order valence-corrected chi connectivity index (χ2v) is 5.90. The van der Waals surface area contributed by atoms with Crippen LogP contribution in [-0.2, 0) is 11.2 Å². The van der Waals surface area contributed by atoms with Crippen LogP contribution in [0.25, 0.3) is 5.65 Å². The number of fused-ring (bicyclic) bond motifs is 1. The fourth-order valence-corrected chi connectivity index (χ4v) is 3.18. The Morgan fingerprint density at radius 3 is 2.76 bits per heavy atom. The van der Waals surface area contributed by atoms with E-state index in [1.54, 1.807) is 11.3 Å². The number of aromatic nitrogens is 3. The molecule has 0 unspecified atom stereocenters. The first kappa shape index (κ1) is 14.0. The van der Waals surface area contributed by atoms with Gasteiger partial charge in [-0.3, -0.25) is 9.20 Å². The van der Waals surface area contributed by atoms with Crippen molar-refractivity contribution >= 4 is 11.6 Å². The maximum absolute atomic E-state index is 14.0. The van der Waals surface area contributed by atoms with Crippen molar-refractivity contribution in [2.45, 2.75) is 39.0 Å². The lowest BCUT2D eigenvalue weighted by Gasteiger charge is -2.26. The summed E-state index contributed by atoms with van der Waals surface area (Å²) in [6.07, 6.45) is 5.87. The minimum Gasteiger partial charge on any atom is -0.481 e. The molecule has 2 aromatic heterocycles. The first-order valence-corrected chi connectivity index (χ1v) is 7.27. The molecule has 0 aromatic carbocycles. The molecule has 2 aromatic rings. The molecule has 112 valence electrons. The zero-order valence-electron chi connectivity index (χ0n) is 11.9. The van der Waals surface area contributed by atoms with E-state index >= 15 is 0 Å². The molecule has 0 saturated heterocycles. The van der Waals surface area contributed by atoms with E-state index in [0.29, 0.717) is 11.7 Å². The summed E-state index contributed by atoms with van der Waals surface area (Å²) in [5.74, 6) is -0.163. The van der Waals surface area contributed by atoms with Crippen LogP contribution >= 0.6 is 0 Å². The molecule has 1 N–H and O–H groups in total. The van der Waals surface area contributed by atoms with Gasteiger partial charge in [0.1, 0.15) is 5.82 Å². The standard InChI is InChI=1S/C15H18FN3O2/c1-9-17-18-14-13(16)7-11(8-19(9)14)6-10-2-4-12(5-3-10)15(20)21/h7-8,10,12H,2-6H2,1H3,(H,20,21). The molecule has 21 heavy (non-hydrogen) atoms. The number of halogens is 1. The zero-order chi connectivity index (χ0) is 15.0. The highest BCUT2D eigenvalue weighted by molar-refractivity contribution is 5.70. The van der Waals surface area contributed by atoms with Crippen LogP contribution in [0.2, 0.25) is 0 Å². The van der Waals surface area contributed by atoms with E-state index in [2.05, 4.69) is 10.2 Å². The Morgan fingerprint density at radius 1 is 1.38 bits per heavy atom. The summed E-state index contributed by atoms with van der Waals surface area (Å²) in [7, 11) is 0. The molecule has 0 radical (unpaired) electrons. The van der Waals surface area contributed by atoms with Gasteiger partial charge in [-0.15, -0.1) is 10.2 Å². The average molecular weight is 291 g/mol. The summed E-state index contributed by atoms with van der Waals surface area (Å²) in [4.78, 5) is 11.0. The zero-order valence-corrected chi connectivity index (χ0v) is 11.9. The van der Waals surface area contributed by atoms with E-state index in [4.69, 9.17) is 5.11 Å². The predicted octanol–water partition coefficient (Wildman–Crippen LogP) is 2.61. The Morgan fingerprint density at radius 2 is 2.10 bits per heavy atom. The summed E-state index contributed by atoms with van der Waals surface area (Å²) in [6.45, 7) is 1.79. The quantitative estimate of drug-likeness (QED) is 0.944. The minimum absolute atomic E-state index is 0.208. The maximum Gasteiger partial charge on any atom is 0.306 e. The summed E-state index contributed by atoms with van der Waals surface area (Å²) in [5.41, 5.74) is 1.17. The van der Waals surface area contributed by atoms with Crippen molar-refractivity contribution in [2.75, 3.05) is 0 Å². The minimum atomic E-state index is -0.693. The van der Waals surface area contributed by atoms with Gasteiger partial charge in [0.2, 0.25) is 0 Å². The average Bonchev–Trinajstić information content (AvgIpc) is 2.82. The van der Waals surface area contributed by atoms with Crippen LogP contribution in [0.3, 0.4) is 0 Å². The third-order valence-corrected chi connectivity index (χ3v) is 4.41. The molecule has 2 heterocycles. The van der Waals surface area contributed by atoms with Crippen LogP contribution in [0, 0.1) is 24.6 Å². The van der Waals surface area contributed by atoms with Gasteiger partial charge >= 0.3 is 5.97 Å². The van der Waals surface area contributed by atoms with Crippen molar-refractivity contribution in [2.24, 2.45) is 11.8 Å². The number of nitrogens with zero attached hydrogens (tertiary/aromatic N) is 3. The van der Waals surface area contributed by atoms with Gasteiger partial charge in [-0.25, -0.2) is 4.39 Å². The highest BCUT2D eigenvalue weighted by atomic mass is 19.1. The fraction of sp³-hybridized carbons (Fsp3) is 0.533. The van der Waals surface area contributed by atoms with Gasteiger partial charge in [0.15, 0.2) is 11.5 Å². The fourth-order valence-electron chi connectivity index (χ4n) is 3.18. The largest absolute Gasteiger partial charge is 0.481 e. The normalized spacial score (nSPS) is 22.6. The number of carboxylic acid groups (broad SMARTS) is 1. The van der Waals surface area contributed by atoms with E-state index in [9.17, 15) is 9.18 Å².